The predicted octanol–water partition coefficient (Wildman–Crippen LogP) is 0.253. The third-order valence-corrected chi connectivity index (χ3v) is 0.935. The molecule has 0 unspecified atom stereocenters. The van der Waals surface area contributed by atoms with Crippen LogP contribution in [0.15, 0.2) is 0 Å². The van der Waals surface area contributed by atoms with Gasteiger partial charge >= 0.3 is 49.7 Å². The second kappa shape index (κ2) is 2.97. The molecule has 0 bridgehead atoms. The van der Waals surface area contributed by atoms with Gasteiger partial charge in [-0.25, -0.2) is 0 Å². The Kier molecular flexibility index (Phi) is 3.42. The Morgan fingerprint density at radius 1 is 2.00 bits per heavy atom. The summed E-state index contributed by atoms with van der Waals surface area (Å²) >= 11 is 11.3. The summed E-state index contributed by atoms with van der Waals surface area (Å²) in [6.45, 7) is 0. The topological polar surface area (TPSA) is 12.0 Å². The van der Waals surface area contributed by atoms with Gasteiger partial charge in [0, 0.05) is 0 Å². The molecule has 0 amide bonds. The number of hydrogen-bond donors (Lipinski definition) is 2. The molecule has 5 heavy (non-hydrogen) atoms. The molecular weight excluding hydrogens is 146 g/mol. The Bertz CT molecular complexity index is 44.9. The Hall–Kier alpha value is 0.759. The molecule has 0 fully saturated rings. The maximum absolute atomic E-state index is 4.39. The van der Waals surface area contributed by atoms with Crippen molar-refractivity contribution in [2.24, 2.45) is 0 Å². The minimum atomic E-state index is 0.421. The summed E-state index contributed by atoms with van der Waals surface area (Å²) in [5.74, 6) is 0. The van der Waals surface area contributed by atoms with Crippen LogP contribution < -0.4 is 4.33 Å². The van der Waals surface area contributed by atoms with Gasteiger partial charge in [0.05, 0.1) is 0 Å². The van der Waals surface area contributed by atoms with E-state index in [4.69, 9.17) is 0 Å². The maximum atomic E-state index is 4.39. The van der Waals surface area contributed by atoms with Gasteiger partial charge in [0.1, 0.15) is 0 Å². The first-order chi connectivity index (χ1) is 2.27. The molecule has 0 heterocycles. The van der Waals surface area contributed by atoms with Gasteiger partial charge in [-0.1, -0.05) is 0 Å². The van der Waals surface area contributed by atoms with Crippen LogP contribution >= 0.6 is 24.8 Å². The molecule has 1 N–H and O–H groups in total. The number of thiocarbonyl (C=S) groups is 1. The quantitative estimate of drug-likeness (QED) is 0.290. The van der Waals surface area contributed by atoms with E-state index >= 15 is 0 Å². The minimum absolute atomic E-state index is 0.421. The molecule has 0 rings (SSSR count). The van der Waals surface area contributed by atoms with Crippen LogP contribution in [-0.2, 0) is 16.2 Å². The van der Waals surface area contributed by atoms with E-state index in [1.54, 1.807) is 0 Å². The summed E-state index contributed by atoms with van der Waals surface area (Å²) in [5, 5.41) is 0. The van der Waals surface area contributed by atoms with Gasteiger partial charge in [0.2, 0.25) is 0 Å². The van der Waals surface area contributed by atoms with Crippen LogP contribution in [0.3, 0.4) is 0 Å². The molecule has 31 valence electrons. The SMILES string of the molecule is S=C(S)[NH][Fe]. The monoisotopic (exact) mass is 148 g/mol. The van der Waals surface area contributed by atoms with Crippen molar-refractivity contribution in [2.75, 3.05) is 0 Å². The van der Waals surface area contributed by atoms with Crippen molar-refractivity contribution in [3.8, 4) is 0 Å². The van der Waals surface area contributed by atoms with Gasteiger partial charge in [0.25, 0.3) is 0 Å². The normalized spacial score (nSPS) is 6.80. The van der Waals surface area contributed by atoms with E-state index in [2.05, 4.69) is 45.4 Å². The summed E-state index contributed by atoms with van der Waals surface area (Å²) in [6.07, 6.45) is 0. The zero-order valence-electron chi connectivity index (χ0n) is 2.21. The van der Waals surface area contributed by atoms with Crippen molar-refractivity contribution in [1.29, 1.82) is 0 Å². The fourth-order valence-electron chi connectivity index (χ4n) is 0. The molecule has 0 radical (unpaired) electrons. The molecule has 0 saturated carbocycles. The standard InChI is InChI=1S/CH3NS2.Fe/c2-1(3)4;/h(H3,2,3,4);/q;+1/p-1. The second-order valence-electron chi connectivity index (χ2n) is 0.394. The van der Waals surface area contributed by atoms with Gasteiger partial charge in [-0.2, -0.15) is 0 Å². The molecule has 0 aliphatic rings. The molecule has 0 aliphatic carbocycles. The zero-order chi connectivity index (χ0) is 4.28. The molecule has 0 aromatic carbocycles. The molecule has 0 aromatic rings. The van der Waals surface area contributed by atoms with Gasteiger partial charge in [-0.15, -0.1) is 0 Å². The summed E-state index contributed by atoms with van der Waals surface area (Å²) < 4.78 is 2.79. The van der Waals surface area contributed by atoms with Crippen LogP contribution in [0.2, 0.25) is 0 Å². The fourth-order valence-corrected chi connectivity index (χ4v) is 0. The summed E-state index contributed by atoms with van der Waals surface area (Å²) in [4.78, 5) is 0. The van der Waals surface area contributed by atoms with E-state index in [0.717, 1.165) is 0 Å². The van der Waals surface area contributed by atoms with Gasteiger partial charge in [-0.05, 0) is 0 Å². The summed E-state index contributed by atoms with van der Waals surface area (Å²) in [7, 11) is 0. The Morgan fingerprint density at radius 3 is 2.20 bits per heavy atom. The number of thiol groups is 1. The van der Waals surface area contributed by atoms with Crippen LogP contribution in [-0.4, -0.2) is 4.32 Å². The van der Waals surface area contributed by atoms with E-state index in [1.807, 2.05) is 0 Å². The van der Waals surface area contributed by atoms with Crippen molar-refractivity contribution in [1.82, 2.24) is 4.33 Å². The van der Waals surface area contributed by atoms with Crippen LogP contribution in [0.25, 0.3) is 0 Å². The Balaban J connectivity index is 2.85. The van der Waals surface area contributed by atoms with Crippen molar-refractivity contribution in [3.63, 3.8) is 0 Å². The van der Waals surface area contributed by atoms with Gasteiger partial charge < -0.3 is 0 Å². The molecule has 1 nitrogen and oxygen atoms in total. The first-order valence-electron chi connectivity index (χ1n) is 0.855. The van der Waals surface area contributed by atoms with E-state index in [0.29, 0.717) is 4.32 Å². The second-order valence-corrected chi connectivity index (χ2v) is 1.83. The van der Waals surface area contributed by atoms with Crippen molar-refractivity contribution in [3.05, 3.63) is 0 Å². The van der Waals surface area contributed by atoms with Gasteiger partial charge in [-0.3, -0.25) is 0 Å². The predicted molar refractivity (Wildman–Crippen MR) is 24.7 cm³/mol. The third kappa shape index (κ3) is 4.76. The number of hydrogen-bond acceptors (Lipinski definition) is 1. The van der Waals surface area contributed by atoms with Gasteiger partial charge in [0.15, 0.2) is 0 Å². The molecular formula is CH2FeNS2. The Labute approximate surface area is 50.0 Å². The molecule has 0 atom stereocenters. The van der Waals surface area contributed by atoms with Crippen molar-refractivity contribution < 1.29 is 16.2 Å². The molecule has 0 aromatic heterocycles. The summed E-state index contributed by atoms with van der Waals surface area (Å²) in [5.41, 5.74) is 0. The average molecular weight is 148 g/mol. The van der Waals surface area contributed by atoms with Crippen LogP contribution in [0.1, 0.15) is 0 Å². The molecule has 4 heteroatoms. The molecule has 0 aliphatic heterocycles. The van der Waals surface area contributed by atoms with E-state index in [9.17, 15) is 0 Å². The van der Waals surface area contributed by atoms with E-state index in [-0.39, 0.29) is 0 Å². The zero-order valence-corrected chi connectivity index (χ0v) is 5.02. The molecule has 0 saturated heterocycles. The first kappa shape index (κ1) is 5.76. The first-order valence-corrected chi connectivity index (χ1v) is 2.26. The Morgan fingerprint density at radius 2 is 2.20 bits per heavy atom. The number of rotatable bonds is 0. The van der Waals surface area contributed by atoms with E-state index < -0.39 is 0 Å². The van der Waals surface area contributed by atoms with Crippen molar-refractivity contribution >= 4 is 29.2 Å². The molecule has 0 spiro atoms. The van der Waals surface area contributed by atoms with Crippen molar-refractivity contribution in [2.45, 2.75) is 0 Å². The van der Waals surface area contributed by atoms with E-state index in [1.165, 1.54) is 0 Å². The third-order valence-electron chi connectivity index (χ3n) is 0.0756. The number of nitrogens with one attached hydrogen (secondary N) is 1. The van der Waals surface area contributed by atoms with Crippen LogP contribution in [0.4, 0.5) is 0 Å². The summed E-state index contributed by atoms with van der Waals surface area (Å²) in [6, 6.07) is 0. The van der Waals surface area contributed by atoms with Crippen LogP contribution in [0, 0.1) is 0 Å². The van der Waals surface area contributed by atoms with Crippen LogP contribution in [0.5, 0.6) is 0 Å². The average Bonchev–Trinajstić information content (AvgIpc) is 1.38. The fraction of sp³-hybridized carbons (Fsp3) is 0.